The number of nitrogens with two attached hydrogens (primary N) is 7. The number of hydrogen-bond donors (Lipinski definition) is 7. The van der Waals surface area contributed by atoms with E-state index < -0.39 is 23.7 Å². The Kier molecular flexibility index (Phi) is 19.6. The molecule has 274 valence electrons. The van der Waals surface area contributed by atoms with Gasteiger partial charge in [-0.05, 0) is 79.6 Å². The van der Waals surface area contributed by atoms with Crippen LogP contribution in [0.3, 0.4) is 0 Å². The van der Waals surface area contributed by atoms with Gasteiger partial charge in [0.1, 0.15) is 23.0 Å². The number of nitrogen functional groups attached to an aromatic ring is 4. The molecule has 52 heavy (non-hydrogen) atoms. The van der Waals surface area contributed by atoms with Gasteiger partial charge in [0.15, 0.2) is 46.0 Å². The first kappa shape index (κ1) is 44.9. The quantitative estimate of drug-likeness (QED) is 0.126. The van der Waals surface area contributed by atoms with E-state index >= 15 is 0 Å². The molecule has 0 aliphatic carbocycles. The summed E-state index contributed by atoms with van der Waals surface area (Å²) in [6.45, 7) is 0. The molecule has 5 aromatic rings. The Balaban J connectivity index is 0.000000326. The van der Waals surface area contributed by atoms with Gasteiger partial charge in [-0.2, -0.15) is 0 Å². The van der Waals surface area contributed by atoms with Crippen LogP contribution in [0.2, 0.25) is 0 Å². The van der Waals surface area contributed by atoms with Crippen LogP contribution in [0.25, 0.3) is 0 Å². The number of anilines is 4. The Morgan fingerprint density at radius 2 is 0.865 bits per heavy atom. The summed E-state index contributed by atoms with van der Waals surface area (Å²) >= 11 is 15.4. The van der Waals surface area contributed by atoms with E-state index in [0.29, 0.717) is 28.8 Å². The van der Waals surface area contributed by atoms with Gasteiger partial charge >= 0.3 is 5.97 Å². The van der Waals surface area contributed by atoms with Crippen molar-refractivity contribution in [3.8, 4) is 0 Å². The van der Waals surface area contributed by atoms with Gasteiger partial charge in [-0.25, -0.2) is 54.6 Å². The minimum atomic E-state index is -0.684. The van der Waals surface area contributed by atoms with E-state index in [-0.39, 0.29) is 40.2 Å². The first-order chi connectivity index (χ1) is 24.4. The van der Waals surface area contributed by atoms with Crippen LogP contribution in [0.5, 0.6) is 0 Å². The molecular formula is C25H24Br5N17O5. The maximum absolute atomic E-state index is 10.8. The molecule has 0 saturated carbocycles. The average Bonchev–Trinajstić information content (AvgIpc) is 3.09. The molecule has 14 N–H and O–H groups in total. The molecule has 5 heterocycles. The van der Waals surface area contributed by atoms with Crippen molar-refractivity contribution in [3.05, 3.63) is 89.2 Å². The molecule has 22 nitrogen and oxygen atoms in total. The minimum Gasteiger partial charge on any atom is -0.464 e. The predicted molar refractivity (Wildman–Crippen MR) is 203 cm³/mol. The molecule has 0 radical (unpaired) electrons. The first-order valence-corrected chi connectivity index (χ1v) is 16.9. The summed E-state index contributed by atoms with van der Waals surface area (Å²) in [7, 11) is 1.26. The fourth-order valence-corrected chi connectivity index (χ4v) is 4.01. The highest BCUT2D eigenvalue weighted by Gasteiger charge is 2.11. The normalized spacial score (nSPS) is 9.42. The monoisotopic (exact) mass is 1040 g/mol. The molecule has 27 heteroatoms. The molecule has 0 unspecified atom stereocenters. The molecule has 5 aromatic heterocycles. The van der Waals surface area contributed by atoms with E-state index in [2.05, 4.69) is 134 Å². The first-order valence-electron chi connectivity index (χ1n) is 12.9. The van der Waals surface area contributed by atoms with E-state index in [1.165, 1.54) is 44.3 Å². The van der Waals surface area contributed by atoms with Crippen molar-refractivity contribution < 1.29 is 23.9 Å². The summed E-state index contributed by atoms with van der Waals surface area (Å²) in [5.41, 5.74) is 36.2. The zero-order valence-electron chi connectivity index (χ0n) is 26.0. The maximum Gasteiger partial charge on any atom is 0.360 e. The van der Waals surface area contributed by atoms with Crippen molar-refractivity contribution in [1.82, 2.24) is 49.8 Å². The van der Waals surface area contributed by atoms with E-state index in [9.17, 15) is 19.2 Å². The van der Waals surface area contributed by atoms with E-state index in [4.69, 9.17) is 40.1 Å². The lowest BCUT2D eigenvalue weighted by Crippen LogP contribution is -2.16. The second-order valence-corrected chi connectivity index (χ2v) is 12.2. The number of methoxy groups -OCH3 is 1. The summed E-state index contributed by atoms with van der Waals surface area (Å²) in [5, 5.41) is 0. The van der Waals surface area contributed by atoms with E-state index in [1.54, 1.807) is 6.20 Å². The maximum atomic E-state index is 10.8. The number of nitrogens with zero attached hydrogens (tertiary/aromatic N) is 10. The standard InChI is InChI=1S/C6H7N3O2.C5H3Br2N3O.C5H5BrN4O.C5H6N4O.C4H3Br2N3/c1-11-6(10)4-5(7)9-3-2-8-4;2*6-2-1-9-4(7)3(10-2)5(8)11;6-4-3(5(7)10)8-1-2-9-4;5-2-1-8-3(6)4(7)9-2/h2-3H,1H3,(H2,7,9);1H,(H2,8,11);1H,(H2,7,9)(H2,8,11);1-2H,(H2,6,9)(H2,7,10);1H,(H2,7,9). The van der Waals surface area contributed by atoms with Crippen molar-refractivity contribution in [2.45, 2.75) is 0 Å². The van der Waals surface area contributed by atoms with Crippen molar-refractivity contribution in [3.63, 3.8) is 0 Å². The van der Waals surface area contributed by atoms with E-state index in [0.717, 1.165) is 0 Å². The topological polar surface area (TPSA) is 389 Å². The minimum absolute atomic E-state index is 0.0145. The Labute approximate surface area is 334 Å². The smallest absolute Gasteiger partial charge is 0.360 e. The number of esters is 1. The van der Waals surface area contributed by atoms with Crippen molar-refractivity contribution in [2.75, 3.05) is 30.0 Å². The van der Waals surface area contributed by atoms with Crippen molar-refractivity contribution in [1.29, 1.82) is 0 Å². The third-order valence-electron chi connectivity index (χ3n) is 4.72. The number of hydrogen-bond acceptors (Lipinski definition) is 19. The SMILES string of the molecule is COC(=O)c1nccnc1N.NC(=O)c1nc(Br)cnc1Br.NC(=O)c1nc(Br)cnc1N.NC(=O)c1nccnc1N.Nc1nc(Br)cnc1Br. The van der Waals surface area contributed by atoms with Gasteiger partial charge in [-0.1, -0.05) is 0 Å². The fraction of sp³-hybridized carbons (Fsp3) is 0.0400. The third-order valence-corrected chi connectivity index (χ3v) is 7.06. The molecule has 0 bridgehead atoms. The number of carbonyl (C=O) groups excluding carboxylic acids is 4. The summed E-state index contributed by atoms with van der Waals surface area (Å²) in [6.07, 6.45) is 9.96. The molecular weight excluding hydrogens is 1020 g/mol. The van der Waals surface area contributed by atoms with Gasteiger partial charge in [0.2, 0.25) is 0 Å². The second-order valence-electron chi connectivity index (χ2n) is 8.29. The summed E-state index contributed by atoms with van der Waals surface area (Å²) in [5.74, 6) is -1.94. The van der Waals surface area contributed by atoms with Crippen LogP contribution in [0.1, 0.15) is 42.0 Å². The van der Waals surface area contributed by atoms with Gasteiger partial charge in [-0.15, -0.1) is 0 Å². The number of rotatable bonds is 4. The van der Waals surface area contributed by atoms with Gasteiger partial charge in [0.25, 0.3) is 17.7 Å². The van der Waals surface area contributed by atoms with Crippen LogP contribution in [0, 0.1) is 0 Å². The Morgan fingerprint density at radius 3 is 1.23 bits per heavy atom. The van der Waals surface area contributed by atoms with Gasteiger partial charge in [-0.3, -0.25) is 14.4 Å². The van der Waals surface area contributed by atoms with Crippen LogP contribution < -0.4 is 40.1 Å². The average molecular weight is 1040 g/mol. The molecule has 0 aromatic carbocycles. The summed E-state index contributed by atoms with van der Waals surface area (Å²) < 4.78 is 6.88. The summed E-state index contributed by atoms with van der Waals surface area (Å²) in [4.78, 5) is 79.8. The van der Waals surface area contributed by atoms with Crippen LogP contribution in [-0.4, -0.2) is 80.6 Å². The highest BCUT2D eigenvalue weighted by molar-refractivity contribution is 9.11. The summed E-state index contributed by atoms with van der Waals surface area (Å²) in [6, 6.07) is 0. The third kappa shape index (κ3) is 15.8. The highest BCUT2D eigenvalue weighted by atomic mass is 79.9. The van der Waals surface area contributed by atoms with Crippen molar-refractivity contribution in [2.24, 2.45) is 17.2 Å². The van der Waals surface area contributed by atoms with Crippen LogP contribution in [0.15, 0.2) is 66.4 Å². The number of ether oxygens (including phenoxy) is 1. The highest BCUT2D eigenvalue weighted by Crippen LogP contribution is 2.15. The lowest BCUT2D eigenvalue weighted by molar-refractivity contribution is 0.0594. The predicted octanol–water partition coefficient (Wildman–Crippen LogP) is 1.61. The fourth-order valence-electron chi connectivity index (χ4n) is 2.58. The number of aromatic nitrogens is 10. The number of halogens is 5. The number of carbonyl (C=O) groups is 4. The number of amides is 3. The lowest BCUT2D eigenvalue weighted by atomic mass is 10.4. The molecule has 0 aliphatic rings. The zero-order chi connectivity index (χ0) is 39.5. The molecule has 0 saturated heterocycles. The van der Waals surface area contributed by atoms with Crippen LogP contribution in [0.4, 0.5) is 23.3 Å². The van der Waals surface area contributed by atoms with Gasteiger partial charge in [0.05, 0.1) is 25.7 Å². The lowest BCUT2D eigenvalue weighted by Gasteiger charge is -1.98. The van der Waals surface area contributed by atoms with Gasteiger partial charge in [0, 0.05) is 24.8 Å². The molecule has 0 atom stereocenters. The van der Waals surface area contributed by atoms with E-state index in [1.807, 2.05) is 0 Å². The molecule has 0 fully saturated rings. The molecule has 0 aliphatic heterocycles. The van der Waals surface area contributed by atoms with Crippen LogP contribution >= 0.6 is 79.6 Å². The van der Waals surface area contributed by atoms with Gasteiger partial charge < -0.3 is 44.9 Å². The van der Waals surface area contributed by atoms with Crippen molar-refractivity contribution >= 4 is 127 Å². The Hall–Kier alpha value is -5.12. The molecule has 0 spiro atoms. The Bertz CT molecular complexity index is 1970. The Morgan fingerprint density at radius 1 is 0.481 bits per heavy atom. The largest absolute Gasteiger partial charge is 0.464 e. The molecule has 5 rings (SSSR count). The van der Waals surface area contributed by atoms with Crippen LogP contribution in [-0.2, 0) is 4.74 Å². The number of primary amides is 3. The zero-order valence-corrected chi connectivity index (χ0v) is 33.9. The molecule has 3 amide bonds. The second kappa shape index (κ2) is 22.6.